The summed E-state index contributed by atoms with van der Waals surface area (Å²) < 4.78 is 28.7. The summed E-state index contributed by atoms with van der Waals surface area (Å²) in [6.45, 7) is 3.54. The van der Waals surface area contributed by atoms with Crippen molar-refractivity contribution in [1.29, 1.82) is 5.41 Å². The van der Waals surface area contributed by atoms with Gasteiger partial charge in [0.15, 0.2) is 5.96 Å². The van der Waals surface area contributed by atoms with Gasteiger partial charge in [-0.2, -0.15) is 4.31 Å². The molecule has 0 spiro atoms. The first kappa shape index (κ1) is 28.7. The van der Waals surface area contributed by atoms with Crippen LogP contribution in [-0.2, 0) is 19.6 Å². The highest BCUT2D eigenvalue weighted by Crippen LogP contribution is 2.33. The summed E-state index contributed by atoms with van der Waals surface area (Å²) in [5, 5.41) is 12.2. The minimum absolute atomic E-state index is 0. The number of hydrogen-bond acceptors (Lipinski definition) is 5. The molecule has 0 unspecified atom stereocenters. The Bertz CT molecular complexity index is 1290. The molecule has 2 aromatic carbocycles. The van der Waals surface area contributed by atoms with Gasteiger partial charge in [0, 0.05) is 39.8 Å². The Kier molecular flexibility index (Phi) is 8.71. The number of piperidine rings is 1. The van der Waals surface area contributed by atoms with E-state index in [2.05, 4.69) is 5.32 Å². The molecule has 2 aromatic rings. The molecule has 2 aliphatic rings. The molecule has 2 fully saturated rings. The van der Waals surface area contributed by atoms with Crippen molar-refractivity contribution in [3.05, 3.63) is 42.5 Å². The predicted octanol–water partition coefficient (Wildman–Crippen LogP) is 1.59. The molecule has 12 heteroatoms. The van der Waals surface area contributed by atoms with Crippen molar-refractivity contribution >= 4 is 51.0 Å². The van der Waals surface area contributed by atoms with Gasteiger partial charge in [0.1, 0.15) is 5.54 Å². The second kappa shape index (κ2) is 11.2. The van der Waals surface area contributed by atoms with E-state index >= 15 is 0 Å². The minimum Gasteiger partial charge on any atom is -0.370 e. The normalized spacial score (nSPS) is 23.0. The maximum Gasteiger partial charge on any atom is 0.244 e. The predicted molar refractivity (Wildman–Crippen MR) is 145 cm³/mol. The molecule has 0 bridgehead atoms. The van der Waals surface area contributed by atoms with Crippen LogP contribution in [0.15, 0.2) is 47.4 Å². The third-order valence-electron chi connectivity index (χ3n) is 7.26. The maximum absolute atomic E-state index is 13.8. The third kappa shape index (κ3) is 5.83. The number of hydrogen-bond donors (Lipinski definition) is 3. The van der Waals surface area contributed by atoms with Gasteiger partial charge >= 0.3 is 0 Å². The lowest BCUT2D eigenvalue weighted by Crippen LogP contribution is -2.66. The number of guanidine groups is 1. The number of likely N-dealkylation sites (N-methyl/N-ethyl adjacent to an activating group) is 1. The maximum atomic E-state index is 13.8. The number of nitrogens with two attached hydrogens (primary N) is 1. The number of amides is 2. The number of rotatable bonds is 6. The first-order valence-electron chi connectivity index (χ1n) is 12.2. The molecule has 0 aliphatic carbocycles. The van der Waals surface area contributed by atoms with E-state index in [0.29, 0.717) is 13.1 Å². The van der Waals surface area contributed by atoms with Gasteiger partial charge in [-0.15, -0.1) is 12.4 Å². The SMILES string of the molecule is CN1CCN(S(=O)(=O)c2ccc3ccccc3c2)[C@@](C)(CC(=O)NC[C@@H]2CCCN(C(=N)N)C2)C1=O.Cl. The number of benzene rings is 2. The van der Waals surface area contributed by atoms with E-state index < -0.39 is 21.5 Å². The summed E-state index contributed by atoms with van der Waals surface area (Å²) >= 11 is 0. The van der Waals surface area contributed by atoms with Crippen LogP contribution in [0.25, 0.3) is 10.8 Å². The molecule has 0 aromatic heterocycles. The van der Waals surface area contributed by atoms with Crippen molar-refractivity contribution in [1.82, 2.24) is 19.4 Å². The average Bonchev–Trinajstić information content (AvgIpc) is 2.86. The summed E-state index contributed by atoms with van der Waals surface area (Å²) in [4.78, 5) is 29.7. The van der Waals surface area contributed by atoms with Crippen molar-refractivity contribution in [2.75, 3.05) is 39.8 Å². The summed E-state index contributed by atoms with van der Waals surface area (Å²) in [6.07, 6.45) is 1.48. The molecule has 2 saturated heterocycles. The summed E-state index contributed by atoms with van der Waals surface area (Å²) in [6, 6.07) is 12.4. The van der Waals surface area contributed by atoms with Gasteiger partial charge in [-0.1, -0.05) is 30.3 Å². The monoisotopic (exact) mass is 550 g/mol. The Morgan fingerprint density at radius 3 is 2.57 bits per heavy atom. The van der Waals surface area contributed by atoms with Gasteiger partial charge in [-0.05, 0) is 48.6 Å². The zero-order chi connectivity index (χ0) is 26.1. The number of piperazine rings is 1. The van der Waals surface area contributed by atoms with Crippen LogP contribution >= 0.6 is 12.4 Å². The smallest absolute Gasteiger partial charge is 0.244 e. The fourth-order valence-electron chi connectivity index (χ4n) is 5.20. The lowest BCUT2D eigenvalue weighted by molar-refractivity contribution is -0.147. The summed E-state index contributed by atoms with van der Waals surface area (Å²) in [5.74, 6) is -0.654. The van der Waals surface area contributed by atoms with E-state index in [1.54, 1.807) is 30.1 Å². The van der Waals surface area contributed by atoms with E-state index in [4.69, 9.17) is 11.1 Å². The Morgan fingerprint density at radius 2 is 1.86 bits per heavy atom. The molecule has 0 radical (unpaired) electrons. The molecule has 4 N–H and O–H groups in total. The van der Waals surface area contributed by atoms with E-state index in [9.17, 15) is 18.0 Å². The quantitative estimate of drug-likeness (QED) is 0.368. The molecule has 2 atom stereocenters. The number of nitrogens with zero attached hydrogens (tertiary/aromatic N) is 3. The van der Waals surface area contributed by atoms with Crippen molar-refractivity contribution in [3.63, 3.8) is 0 Å². The van der Waals surface area contributed by atoms with Crippen LogP contribution in [-0.4, -0.2) is 85.6 Å². The Balaban J connectivity index is 0.00000380. The van der Waals surface area contributed by atoms with Crippen molar-refractivity contribution < 1.29 is 18.0 Å². The van der Waals surface area contributed by atoms with Crippen LogP contribution in [0.3, 0.4) is 0 Å². The highest BCUT2D eigenvalue weighted by molar-refractivity contribution is 7.89. The van der Waals surface area contributed by atoms with Crippen molar-refractivity contribution in [2.45, 2.75) is 36.6 Å². The molecule has 10 nitrogen and oxygen atoms in total. The van der Waals surface area contributed by atoms with E-state index in [-0.39, 0.29) is 54.6 Å². The van der Waals surface area contributed by atoms with Gasteiger partial charge in [0.25, 0.3) is 0 Å². The van der Waals surface area contributed by atoms with Crippen LogP contribution in [0.5, 0.6) is 0 Å². The second-order valence-corrected chi connectivity index (χ2v) is 11.8. The molecule has 0 saturated carbocycles. The van der Waals surface area contributed by atoms with Crippen LogP contribution < -0.4 is 11.1 Å². The number of likely N-dealkylation sites (tertiary alicyclic amines) is 1. The van der Waals surface area contributed by atoms with E-state index in [0.717, 1.165) is 30.2 Å². The zero-order valence-electron chi connectivity index (χ0n) is 21.1. The average molecular weight is 551 g/mol. The van der Waals surface area contributed by atoms with Crippen molar-refractivity contribution in [2.24, 2.45) is 11.7 Å². The molecule has 2 amide bonds. The number of sulfonamides is 1. The summed E-state index contributed by atoms with van der Waals surface area (Å²) in [5.41, 5.74) is 4.05. The van der Waals surface area contributed by atoms with Crippen LogP contribution in [0.2, 0.25) is 0 Å². The fraction of sp³-hybridized carbons (Fsp3) is 0.480. The fourth-order valence-corrected chi connectivity index (χ4v) is 6.96. The summed E-state index contributed by atoms with van der Waals surface area (Å²) in [7, 11) is -2.43. The molecule has 2 aliphatic heterocycles. The topological polar surface area (TPSA) is 140 Å². The molecule has 37 heavy (non-hydrogen) atoms. The van der Waals surface area contributed by atoms with Crippen molar-refractivity contribution in [3.8, 4) is 0 Å². The number of nitrogens with one attached hydrogen (secondary N) is 2. The lowest BCUT2D eigenvalue weighted by Gasteiger charge is -2.45. The number of fused-ring (bicyclic) bond motifs is 1. The molecular weight excluding hydrogens is 516 g/mol. The van der Waals surface area contributed by atoms with E-state index in [1.807, 2.05) is 24.3 Å². The zero-order valence-corrected chi connectivity index (χ0v) is 22.8. The van der Waals surface area contributed by atoms with Crippen LogP contribution in [0.4, 0.5) is 0 Å². The van der Waals surface area contributed by atoms with Gasteiger partial charge in [0.05, 0.1) is 11.3 Å². The Morgan fingerprint density at radius 1 is 1.16 bits per heavy atom. The van der Waals surface area contributed by atoms with Gasteiger partial charge in [-0.25, -0.2) is 8.42 Å². The van der Waals surface area contributed by atoms with Crippen LogP contribution in [0, 0.1) is 11.3 Å². The standard InChI is InChI=1S/C25H34N6O4S.ClH/c1-25(15-22(32)28-16-18-6-5-11-30(17-18)24(26)27)23(33)29(2)12-13-31(25)36(34,35)21-10-9-19-7-3-4-8-20(19)14-21;/h3-4,7-10,14,18H,5-6,11-13,15-17H2,1-2H3,(H3,26,27)(H,28,32);1H/t18-,25-;/m0./s1. The Hall–Kier alpha value is -2.89. The van der Waals surface area contributed by atoms with Crippen LogP contribution in [0.1, 0.15) is 26.2 Å². The first-order chi connectivity index (χ1) is 17.0. The van der Waals surface area contributed by atoms with Gasteiger partial charge in [0.2, 0.25) is 21.8 Å². The molecule has 4 rings (SSSR count). The van der Waals surface area contributed by atoms with E-state index in [1.165, 1.54) is 16.1 Å². The molecular formula is C25H35ClN6O4S. The molecule has 2 heterocycles. The third-order valence-corrected chi connectivity index (χ3v) is 9.27. The minimum atomic E-state index is -4.05. The largest absolute Gasteiger partial charge is 0.370 e. The van der Waals surface area contributed by atoms with Gasteiger partial charge in [-0.3, -0.25) is 15.0 Å². The lowest BCUT2D eigenvalue weighted by atomic mass is 9.92. The second-order valence-electron chi connectivity index (χ2n) is 9.91. The highest BCUT2D eigenvalue weighted by Gasteiger charge is 2.51. The van der Waals surface area contributed by atoms with Gasteiger partial charge < -0.3 is 20.9 Å². The number of carbonyl (C=O) groups excluding carboxylic acids is 2. The number of carbonyl (C=O) groups is 2. The first-order valence-corrected chi connectivity index (χ1v) is 13.6. The molecule has 202 valence electrons. The Labute approximate surface area is 224 Å². The number of halogens is 1. The highest BCUT2D eigenvalue weighted by atomic mass is 35.5.